The molecule has 8 heteroatoms. The Morgan fingerprint density at radius 1 is 1.35 bits per heavy atom. The van der Waals surface area contributed by atoms with Crippen molar-refractivity contribution in [1.82, 2.24) is 5.32 Å². The van der Waals surface area contributed by atoms with Crippen LogP contribution in [0.25, 0.3) is 0 Å². The summed E-state index contributed by atoms with van der Waals surface area (Å²) >= 11 is 1.69. The largest absolute Gasteiger partial charge is 0.480 e. The van der Waals surface area contributed by atoms with Gasteiger partial charge in [-0.05, 0) is 43.4 Å². The molecule has 2 aliphatic rings. The molecule has 1 atom stereocenters. The smallest absolute Gasteiger partial charge is 0.329 e. The zero-order chi connectivity index (χ0) is 18.7. The van der Waals surface area contributed by atoms with Crippen LogP contribution in [0.5, 0.6) is 5.75 Å². The molecule has 1 aromatic rings. The van der Waals surface area contributed by atoms with Crippen molar-refractivity contribution >= 4 is 35.2 Å². The summed E-state index contributed by atoms with van der Waals surface area (Å²) in [5.74, 6) is 0.458. The zero-order valence-electron chi connectivity index (χ0n) is 14.6. The van der Waals surface area contributed by atoms with Crippen LogP contribution >= 0.6 is 11.8 Å². The second kappa shape index (κ2) is 7.57. The molecular weight excluding hydrogens is 356 g/mol. The number of hydrogen-bond acceptors (Lipinski definition) is 5. The molecule has 0 aromatic heterocycles. The van der Waals surface area contributed by atoms with E-state index in [1.54, 1.807) is 36.9 Å². The molecule has 140 valence electrons. The van der Waals surface area contributed by atoms with Crippen molar-refractivity contribution in [2.75, 3.05) is 23.0 Å². The van der Waals surface area contributed by atoms with Crippen molar-refractivity contribution in [3.63, 3.8) is 0 Å². The first-order chi connectivity index (χ1) is 12.4. The van der Waals surface area contributed by atoms with Crippen LogP contribution in [0.3, 0.4) is 0 Å². The van der Waals surface area contributed by atoms with Gasteiger partial charge < -0.3 is 20.1 Å². The average molecular weight is 378 g/mol. The minimum Gasteiger partial charge on any atom is -0.480 e. The molecule has 0 radical (unpaired) electrons. The summed E-state index contributed by atoms with van der Waals surface area (Å²) in [6, 6.07) is 7.18. The fourth-order valence-electron chi connectivity index (χ4n) is 3.24. The lowest BCUT2D eigenvalue weighted by Crippen LogP contribution is -2.57. The van der Waals surface area contributed by atoms with Crippen LogP contribution in [0.15, 0.2) is 24.3 Å². The first kappa shape index (κ1) is 18.6. The Balaban J connectivity index is 1.67. The van der Waals surface area contributed by atoms with Gasteiger partial charge in [0.1, 0.15) is 11.3 Å². The number of fused-ring (bicyclic) bond motifs is 1. The number of anilines is 1. The van der Waals surface area contributed by atoms with E-state index in [2.05, 4.69) is 5.32 Å². The molecule has 0 spiro atoms. The topological polar surface area (TPSA) is 95.9 Å². The van der Waals surface area contributed by atoms with Gasteiger partial charge in [-0.1, -0.05) is 12.1 Å². The molecule has 0 aliphatic carbocycles. The van der Waals surface area contributed by atoms with E-state index in [-0.39, 0.29) is 24.8 Å². The van der Waals surface area contributed by atoms with Gasteiger partial charge in [0.05, 0.1) is 5.69 Å². The third kappa shape index (κ3) is 3.65. The molecule has 2 amide bonds. The van der Waals surface area contributed by atoms with Gasteiger partial charge in [0.2, 0.25) is 5.91 Å². The summed E-state index contributed by atoms with van der Waals surface area (Å²) in [7, 11) is 0. The van der Waals surface area contributed by atoms with E-state index >= 15 is 0 Å². The summed E-state index contributed by atoms with van der Waals surface area (Å²) in [6.45, 7) is 1.85. The number of ether oxygens (including phenoxy) is 1. The first-order valence-corrected chi connectivity index (χ1v) is 9.78. The molecule has 7 nitrogen and oxygen atoms in total. The molecule has 2 heterocycles. The Morgan fingerprint density at radius 2 is 2.04 bits per heavy atom. The van der Waals surface area contributed by atoms with Crippen LogP contribution < -0.4 is 15.0 Å². The van der Waals surface area contributed by atoms with Crippen molar-refractivity contribution in [3.8, 4) is 5.75 Å². The molecule has 1 aromatic carbocycles. The van der Waals surface area contributed by atoms with E-state index in [9.17, 15) is 19.5 Å². The third-order valence-electron chi connectivity index (χ3n) is 4.77. The van der Waals surface area contributed by atoms with Gasteiger partial charge in [0, 0.05) is 13.0 Å². The second-order valence-corrected chi connectivity index (χ2v) is 7.74. The number of amides is 2. The van der Waals surface area contributed by atoms with Gasteiger partial charge in [-0.3, -0.25) is 9.59 Å². The van der Waals surface area contributed by atoms with Crippen molar-refractivity contribution in [1.29, 1.82) is 0 Å². The van der Waals surface area contributed by atoms with Crippen LogP contribution in [0.1, 0.15) is 26.2 Å². The monoisotopic (exact) mass is 378 g/mol. The van der Waals surface area contributed by atoms with E-state index in [1.165, 1.54) is 4.90 Å². The minimum atomic E-state index is -1.19. The second-order valence-electron chi connectivity index (χ2n) is 6.52. The molecule has 1 saturated heterocycles. The van der Waals surface area contributed by atoms with Crippen LogP contribution in [-0.4, -0.2) is 52.6 Å². The molecule has 2 N–H and O–H groups in total. The normalized spacial score (nSPS) is 21.5. The number of carbonyl (C=O) groups excluding carboxylic acids is 2. The minimum absolute atomic E-state index is 0.0367. The number of benzene rings is 1. The number of rotatable bonds is 5. The van der Waals surface area contributed by atoms with E-state index in [4.69, 9.17) is 4.74 Å². The van der Waals surface area contributed by atoms with Crippen molar-refractivity contribution in [2.24, 2.45) is 0 Å². The van der Waals surface area contributed by atoms with Gasteiger partial charge in [-0.15, -0.1) is 0 Å². The van der Waals surface area contributed by atoms with Crippen molar-refractivity contribution < 1.29 is 24.2 Å². The maximum Gasteiger partial charge on any atom is 0.329 e. The number of nitrogens with zero attached hydrogens (tertiary/aromatic N) is 1. The molecule has 0 saturated carbocycles. The number of carboxylic acid groups (broad SMARTS) is 1. The molecule has 3 rings (SSSR count). The van der Waals surface area contributed by atoms with Crippen molar-refractivity contribution in [2.45, 2.75) is 37.8 Å². The van der Waals surface area contributed by atoms with Crippen LogP contribution in [0, 0.1) is 0 Å². The molecule has 1 fully saturated rings. The Morgan fingerprint density at radius 3 is 2.73 bits per heavy atom. The van der Waals surface area contributed by atoms with Crippen LogP contribution in [0.2, 0.25) is 0 Å². The molecular formula is C18H22N2O5S. The maximum absolute atomic E-state index is 12.4. The molecule has 2 aliphatic heterocycles. The highest BCUT2D eigenvalue weighted by atomic mass is 32.2. The Bertz CT molecular complexity index is 717. The lowest BCUT2D eigenvalue weighted by molar-refractivity contribution is -0.148. The third-order valence-corrected chi connectivity index (χ3v) is 5.76. The van der Waals surface area contributed by atoms with Gasteiger partial charge in [-0.2, -0.15) is 11.8 Å². The number of carbonyl (C=O) groups is 3. The Labute approximate surface area is 156 Å². The predicted molar refractivity (Wildman–Crippen MR) is 98.6 cm³/mol. The quantitative estimate of drug-likeness (QED) is 0.809. The van der Waals surface area contributed by atoms with E-state index in [0.29, 0.717) is 35.8 Å². The van der Waals surface area contributed by atoms with Gasteiger partial charge in [0.25, 0.3) is 5.91 Å². The lowest BCUT2D eigenvalue weighted by atomic mass is 9.92. The standard InChI is InChI=1S/C18H22N2O5S/c1-12-16(22)20(13-4-2-3-5-14(13)25-12)9-6-15(21)19-18(17(23)24)7-10-26-11-8-18/h2-5,12H,6-11H2,1H3,(H,19,21)(H,23,24). The van der Waals surface area contributed by atoms with Crippen LogP contribution in [-0.2, 0) is 14.4 Å². The average Bonchev–Trinajstić information content (AvgIpc) is 2.63. The molecule has 26 heavy (non-hydrogen) atoms. The SMILES string of the molecule is CC1Oc2ccccc2N(CCC(=O)NC2(C(=O)O)CCSCC2)C1=O. The lowest BCUT2D eigenvalue weighted by Gasteiger charge is -2.35. The van der Waals surface area contributed by atoms with Gasteiger partial charge in [-0.25, -0.2) is 4.79 Å². The summed E-state index contributed by atoms with van der Waals surface area (Å²) in [5, 5.41) is 12.3. The number of nitrogens with one attached hydrogen (secondary N) is 1. The van der Waals surface area contributed by atoms with Gasteiger partial charge >= 0.3 is 5.97 Å². The van der Waals surface area contributed by atoms with E-state index < -0.39 is 17.6 Å². The van der Waals surface area contributed by atoms with E-state index in [0.717, 1.165) is 0 Å². The maximum atomic E-state index is 12.4. The number of thioether (sulfide) groups is 1. The van der Waals surface area contributed by atoms with Gasteiger partial charge in [0.15, 0.2) is 6.10 Å². The summed E-state index contributed by atoms with van der Waals surface area (Å²) < 4.78 is 5.58. The number of hydrogen-bond donors (Lipinski definition) is 2. The number of para-hydroxylation sites is 2. The highest BCUT2D eigenvalue weighted by molar-refractivity contribution is 7.99. The summed E-state index contributed by atoms with van der Waals surface area (Å²) in [6.07, 6.45) is 0.243. The first-order valence-electron chi connectivity index (χ1n) is 8.62. The van der Waals surface area contributed by atoms with Crippen LogP contribution in [0.4, 0.5) is 5.69 Å². The Hall–Kier alpha value is -2.22. The number of aliphatic carboxylic acids is 1. The highest BCUT2D eigenvalue weighted by Gasteiger charge is 2.41. The summed E-state index contributed by atoms with van der Waals surface area (Å²) in [5.41, 5.74) is -0.562. The molecule has 0 bridgehead atoms. The summed E-state index contributed by atoms with van der Waals surface area (Å²) in [4.78, 5) is 38.1. The van der Waals surface area contributed by atoms with E-state index in [1.807, 2.05) is 6.07 Å². The fraction of sp³-hybridized carbons (Fsp3) is 0.500. The van der Waals surface area contributed by atoms with Crippen molar-refractivity contribution in [3.05, 3.63) is 24.3 Å². The molecule has 1 unspecified atom stereocenters. The zero-order valence-corrected chi connectivity index (χ0v) is 15.4. The predicted octanol–water partition coefficient (Wildman–Crippen LogP) is 1.66. The number of carboxylic acids is 1. The highest BCUT2D eigenvalue weighted by Crippen LogP contribution is 2.33. The Kier molecular flexibility index (Phi) is 5.41. The fourth-order valence-corrected chi connectivity index (χ4v) is 4.43.